The number of rotatable bonds is 5. The zero-order valence-electron chi connectivity index (χ0n) is 9.90. The second-order valence-electron chi connectivity index (χ2n) is 4.58. The largest absolute Gasteiger partial charge is 0.390 e. The van der Waals surface area contributed by atoms with E-state index in [2.05, 4.69) is 5.32 Å². The van der Waals surface area contributed by atoms with Gasteiger partial charge >= 0.3 is 0 Å². The first-order chi connectivity index (χ1) is 8.53. The van der Waals surface area contributed by atoms with Gasteiger partial charge in [-0.3, -0.25) is 4.79 Å². The van der Waals surface area contributed by atoms with Gasteiger partial charge in [-0.1, -0.05) is 0 Å². The lowest BCUT2D eigenvalue weighted by atomic mass is 9.93. The molecule has 1 saturated carbocycles. The minimum Gasteiger partial charge on any atom is -0.390 e. The monoisotopic (exact) mass is 258 g/mol. The fourth-order valence-corrected chi connectivity index (χ4v) is 1.93. The van der Waals surface area contributed by atoms with Crippen LogP contribution in [0.25, 0.3) is 0 Å². The molecular formula is C12H16F2N2O2. The Morgan fingerprint density at radius 3 is 2.83 bits per heavy atom. The number of hydrogen-bond acceptors (Lipinski definition) is 2. The highest BCUT2D eigenvalue weighted by Crippen LogP contribution is 2.32. The number of aliphatic hydroxyl groups is 1. The highest BCUT2D eigenvalue weighted by molar-refractivity contribution is 5.92. The maximum absolute atomic E-state index is 12.8. The van der Waals surface area contributed by atoms with Gasteiger partial charge in [0.2, 0.25) is 0 Å². The minimum absolute atomic E-state index is 0.305. The Hall–Kier alpha value is -1.43. The summed E-state index contributed by atoms with van der Waals surface area (Å²) in [7, 11) is 0. The van der Waals surface area contributed by atoms with E-state index >= 15 is 0 Å². The Morgan fingerprint density at radius 2 is 2.28 bits per heavy atom. The van der Waals surface area contributed by atoms with Crippen molar-refractivity contribution in [3.63, 3.8) is 0 Å². The number of carbonyl (C=O) groups excluding carboxylic acids is 1. The van der Waals surface area contributed by atoms with E-state index in [4.69, 9.17) is 5.11 Å². The predicted molar refractivity (Wildman–Crippen MR) is 61.7 cm³/mol. The normalized spacial score (nSPS) is 16.4. The summed E-state index contributed by atoms with van der Waals surface area (Å²) < 4.78 is 27.5. The van der Waals surface area contributed by atoms with Crippen LogP contribution in [0.5, 0.6) is 0 Å². The van der Waals surface area contributed by atoms with Gasteiger partial charge in [-0.2, -0.15) is 0 Å². The van der Waals surface area contributed by atoms with Crippen molar-refractivity contribution in [2.45, 2.75) is 31.2 Å². The van der Waals surface area contributed by atoms with Crippen LogP contribution < -0.4 is 5.32 Å². The van der Waals surface area contributed by atoms with Crippen molar-refractivity contribution in [3.8, 4) is 0 Å². The van der Waals surface area contributed by atoms with Crippen molar-refractivity contribution in [3.05, 3.63) is 24.0 Å². The predicted octanol–water partition coefficient (Wildman–Crippen LogP) is 1.57. The third-order valence-corrected chi connectivity index (χ3v) is 3.22. The SMILES string of the molecule is O=C(NCC(F)(F)CO)c1cccn1C1CCC1. The zero-order valence-corrected chi connectivity index (χ0v) is 9.90. The van der Waals surface area contributed by atoms with Crippen molar-refractivity contribution in [2.75, 3.05) is 13.2 Å². The smallest absolute Gasteiger partial charge is 0.287 e. The van der Waals surface area contributed by atoms with Crippen molar-refractivity contribution < 1.29 is 18.7 Å². The molecule has 0 spiro atoms. The molecule has 18 heavy (non-hydrogen) atoms. The number of carbonyl (C=O) groups is 1. The van der Waals surface area contributed by atoms with Gasteiger partial charge in [-0.15, -0.1) is 0 Å². The molecule has 0 aromatic carbocycles. The van der Waals surface area contributed by atoms with Gasteiger partial charge < -0.3 is 15.0 Å². The van der Waals surface area contributed by atoms with Gasteiger partial charge in [0.1, 0.15) is 12.3 Å². The van der Waals surface area contributed by atoms with E-state index in [-0.39, 0.29) is 0 Å². The Morgan fingerprint density at radius 1 is 1.56 bits per heavy atom. The third kappa shape index (κ3) is 2.69. The number of halogens is 2. The summed E-state index contributed by atoms with van der Waals surface area (Å²) in [5, 5.41) is 10.6. The summed E-state index contributed by atoms with van der Waals surface area (Å²) >= 11 is 0. The second-order valence-corrected chi connectivity index (χ2v) is 4.58. The Kier molecular flexibility index (Phi) is 3.65. The van der Waals surface area contributed by atoms with E-state index in [1.165, 1.54) is 0 Å². The van der Waals surface area contributed by atoms with Gasteiger partial charge in [-0.05, 0) is 31.4 Å². The van der Waals surface area contributed by atoms with Crippen molar-refractivity contribution in [1.29, 1.82) is 0 Å². The highest BCUT2D eigenvalue weighted by Gasteiger charge is 2.29. The molecule has 0 radical (unpaired) electrons. The highest BCUT2D eigenvalue weighted by atomic mass is 19.3. The number of nitrogens with one attached hydrogen (secondary N) is 1. The van der Waals surface area contributed by atoms with Crippen LogP contribution >= 0.6 is 0 Å². The van der Waals surface area contributed by atoms with Gasteiger partial charge in [0, 0.05) is 12.2 Å². The lowest BCUT2D eigenvalue weighted by Gasteiger charge is -2.28. The Labute approximate surface area is 104 Å². The van der Waals surface area contributed by atoms with Crippen molar-refractivity contribution >= 4 is 5.91 Å². The summed E-state index contributed by atoms with van der Waals surface area (Å²) in [5.74, 6) is -3.80. The first-order valence-electron chi connectivity index (χ1n) is 5.97. The fraction of sp³-hybridized carbons (Fsp3) is 0.583. The van der Waals surface area contributed by atoms with Crippen LogP contribution in [0.15, 0.2) is 18.3 Å². The van der Waals surface area contributed by atoms with E-state index < -0.39 is 25.0 Å². The molecule has 0 bridgehead atoms. The first-order valence-corrected chi connectivity index (χ1v) is 5.97. The molecule has 0 unspecified atom stereocenters. The fourth-order valence-electron chi connectivity index (χ4n) is 1.93. The zero-order chi connectivity index (χ0) is 13.2. The van der Waals surface area contributed by atoms with Crippen molar-refractivity contribution in [1.82, 2.24) is 9.88 Å². The standard InChI is InChI=1S/C12H16F2N2O2/c13-12(14,8-17)7-15-11(18)10-5-2-6-16(10)9-3-1-4-9/h2,5-6,9,17H,1,3-4,7-8H2,(H,15,18). The van der Waals surface area contributed by atoms with Crippen LogP contribution in [0.1, 0.15) is 35.8 Å². The summed E-state index contributed by atoms with van der Waals surface area (Å²) in [6, 6.07) is 3.65. The number of nitrogens with zero attached hydrogens (tertiary/aromatic N) is 1. The molecule has 1 aromatic rings. The molecule has 6 heteroatoms. The lowest BCUT2D eigenvalue weighted by molar-refractivity contribution is -0.0462. The number of alkyl halides is 2. The third-order valence-electron chi connectivity index (χ3n) is 3.22. The molecule has 0 atom stereocenters. The number of aliphatic hydroxyl groups excluding tert-OH is 1. The molecule has 0 saturated heterocycles. The van der Waals surface area contributed by atoms with Gasteiger partial charge in [0.15, 0.2) is 0 Å². The van der Waals surface area contributed by atoms with E-state index in [9.17, 15) is 13.6 Å². The molecule has 4 nitrogen and oxygen atoms in total. The quantitative estimate of drug-likeness (QED) is 0.842. The molecule has 2 N–H and O–H groups in total. The van der Waals surface area contributed by atoms with E-state index in [1.807, 2.05) is 4.57 Å². The van der Waals surface area contributed by atoms with E-state index in [0.717, 1.165) is 19.3 Å². The maximum Gasteiger partial charge on any atom is 0.287 e. The average Bonchev–Trinajstić information content (AvgIpc) is 2.73. The molecule has 1 heterocycles. The summed E-state index contributed by atoms with van der Waals surface area (Å²) in [5.41, 5.74) is 0.397. The minimum atomic E-state index is -3.27. The molecule has 2 rings (SSSR count). The van der Waals surface area contributed by atoms with Crippen LogP contribution in [0.2, 0.25) is 0 Å². The molecule has 100 valence electrons. The molecule has 1 fully saturated rings. The Bertz CT molecular complexity index is 427. The van der Waals surface area contributed by atoms with Crippen LogP contribution in [0.3, 0.4) is 0 Å². The van der Waals surface area contributed by atoms with E-state index in [0.29, 0.717) is 11.7 Å². The van der Waals surface area contributed by atoms with Crippen LogP contribution in [-0.4, -0.2) is 34.7 Å². The van der Waals surface area contributed by atoms with Crippen LogP contribution in [-0.2, 0) is 0 Å². The molecule has 0 aliphatic heterocycles. The first kappa shape index (κ1) is 13.0. The van der Waals surface area contributed by atoms with Crippen LogP contribution in [0, 0.1) is 0 Å². The topological polar surface area (TPSA) is 54.3 Å². The van der Waals surface area contributed by atoms with Gasteiger partial charge in [0.25, 0.3) is 11.8 Å². The number of aromatic nitrogens is 1. The lowest BCUT2D eigenvalue weighted by Crippen LogP contribution is -2.40. The molecule has 1 aromatic heterocycles. The van der Waals surface area contributed by atoms with Crippen molar-refractivity contribution in [2.24, 2.45) is 0 Å². The van der Waals surface area contributed by atoms with Gasteiger partial charge in [0.05, 0.1) is 6.54 Å². The molecule has 1 aliphatic rings. The van der Waals surface area contributed by atoms with E-state index in [1.54, 1.807) is 18.3 Å². The summed E-state index contributed by atoms with van der Waals surface area (Å²) in [4.78, 5) is 11.8. The average molecular weight is 258 g/mol. The Balaban J connectivity index is 1.98. The second kappa shape index (κ2) is 5.06. The van der Waals surface area contributed by atoms with Gasteiger partial charge in [-0.25, -0.2) is 8.78 Å². The maximum atomic E-state index is 12.8. The number of hydrogen-bond donors (Lipinski definition) is 2. The number of amides is 1. The van der Waals surface area contributed by atoms with Crippen LogP contribution in [0.4, 0.5) is 8.78 Å². The summed E-state index contributed by atoms with van der Waals surface area (Å²) in [6.45, 7) is -2.12. The molecule has 1 amide bonds. The summed E-state index contributed by atoms with van der Waals surface area (Å²) in [6.07, 6.45) is 4.96. The molecule has 1 aliphatic carbocycles. The molecular weight excluding hydrogens is 242 g/mol.